The molecule has 0 aromatic heterocycles. The maximum Gasteiger partial charge on any atom is 0.255 e. The molecule has 0 unspecified atom stereocenters. The summed E-state index contributed by atoms with van der Waals surface area (Å²) in [5.41, 5.74) is 7.59. The number of nitrogens with two attached hydrogens (primary N) is 1. The quantitative estimate of drug-likeness (QED) is 0.639. The van der Waals surface area contributed by atoms with Gasteiger partial charge in [-0.25, -0.2) is 4.39 Å². The lowest BCUT2D eigenvalue weighted by Gasteiger charge is -2.25. The van der Waals surface area contributed by atoms with E-state index >= 15 is 0 Å². The zero-order valence-corrected chi connectivity index (χ0v) is 15.7. The molecule has 1 aliphatic heterocycles. The number of amides is 1. The molecule has 0 atom stereocenters. The summed E-state index contributed by atoms with van der Waals surface area (Å²) in [6.45, 7) is 5.68. The number of anilines is 2. The van der Waals surface area contributed by atoms with Crippen molar-refractivity contribution >= 4 is 29.6 Å². The number of nitrogens with one attached hydrogen (secondary N) is 3. The van der Waals surface area contributed by atoms with Gasteiger partial charge in [-0.1, -0.05) is 24.8 Å². The van der Waals surface area contributed by atoms with Crippen LogP contribution in [0.2, 0.25) is 0 Å². The molecule has 3 rings (SSSR count). The summed E-state index contributed by atoms with van der Waals surface area (Å²) < 4.78 is 13.4. The SMILES string of the molecule is C=C/C=c1/cc(NC(=O)c2cccc(F)c2)cc(NC2CCNCC2)/c1=C/N. The number of hydrogen-bond donors (Lipinski definition) is 4. The smallest absolute Gasteiger partial charge is 0.255 e. The van der Waals surface area contributed by atoms with Crippen LogP contribution >= 0.6 is 0 Å². The average molecular weight is 380 g/mol. The third kappa shape index (κ3) is 4.78. The van der Waals surface area contributed by atoms with Gasteiger partial charge in [0.1, 0.15) is 5.82 Å². The molecule has 5 nitrogen and oxygen atoms in total. The van der Waals surface area contributed by atoms with E-state index in [2.05, 4.69) is 22.5 Å². The van der Waals surface area contributed by atoms with Crippen molar-refractivity contribution in [1.82, 2.24) is 5.32 Å². The lowest BCUT2D eigenvalue weighted by molar-refractivity contribution is 0.102. The third-order valence-electron chi connectivity index (χ3n) is 4.72. The number of benzene rings is 2. The van der Waals surface area contributed by atoms with Gasteiger partial charge in [-0.15, -0.1) is 0 Å². The monoisotopic (exact) mass is 380 g/mol. The molecule has 146 valence electrons. The molecule has 1 aliphatic rings. The second kappa shape index (κ2) is 9.19. The first-order chi connectivity index (χ1) is 13.6. The first-order valence-electron chi connectivity index (χ1n) is 9.33. The Kier molecular flexibility index (Phi) is 6.45. The summed E-state index contributed by atoms with van der Waals surface area (Å²) >= 11 is 0. The van der Waals surface area contributed by atoms with Crippen LogP contribution < -0.4 is 32.1 Å². The zero-order chi connectivity index (χ0) is 19.9. The predicted octanol–water partition coefficient (Wildman–Crippen LogP) is 1.91. The fourth-order valence-corrected chi connectivity index (χ4v) is 3.34. The fraction of sp³-hybridized carbons (Fsp3) is 0.227. The molecule has 2 aromatic rings. The summed E-state index contributed by atoms with van der Waals surface area (Å²) in [5.74, 6) is -0.823. The van der Waals surface area contributed by atoms with Gasteiger partial charge in [-0.05, 0) is 61.5 Å². The van der Waals surface area contributed by atoms with Crippen LogP contribution in [0.25, 0.3) is 12.3 Å². The summed E-state index contributed by atoms with van der Waals surface area (Å²) in [7, 11) is 0. The maximum atomic E-state index is 13.4. The van der Waals surface area contributed by atoms with Crippen LogP contribution in [0, 0.1) is 5.82 Å². The van der Waals surface area contributed by atoms with E-state index in [1.807, 2.05) is 18.2 Å². The Hall–Kier alpha value is -3.12. The van der Waals surface area contributed by atoms with Gasteiger partial charge in [0.2, 0.25) is 0 Å². The van der Waals surface area contributed by atoms with Crippen molar-refractivity contribution in [3.8, 4) is 0 Å². The molecule has 1 amide bonds. The molecular weight excluding hydrogens is 355 g/mol. The van der Waals surface area contributed by atoms with Gasteiger partial charge < -0.3 is 21.7 Å². The summed E-state index contributed by atoms with van der Waals surface area (Å²) in [6.07, 6.45) is 7.07. The summed E-state index contributed by atoms with van der Waals surface area (Å²) in [4.78, 5) is 12.5. The first-order valence-corrected chi connectivity index (χ1v) is 9.33. The minimum Gasteiger partial charge on any atom is -0.404 e. The van der Waals surface area contributed by atoms with E-state index in [9.17, 15) is 9.18 Å². The van der Waals surface area contributed by atoms with Gasteiger partial charge in [-0.2, -0.15) is 0 Å². The minimum absolute atomic E-state index is 0.261. The Morgan fingerprint density at radius 3 is 2.71 bits per heavy atom. The molecular formula is C22H25FN4O. The maximum absolute atomic E-state index is 13.4. The number of carbonyl (C=O) groups excluding carboxylic acids is 1. The van der Waals surface area contributed by atoms with E-state index in [0.717, 1.165) is 42.1 Å². The van der Waals surface area contributed by atoms with E-state index in [4.69, 9.17) is 5.73 Å². The molecule has 1 fully saturated rings. The molecule has 0 radical (unpaired) electrons. The van der Waals surface area contributed by atoms with E-state index < -0.39 is 5.82 Å². The Labute approximate surface area is 163 Å². The average Bonchev–Trinajstić information content (AvgIpc) is 2.69. The molecule has 6 heteroatoms. The van der Waals surface area contributed by atoms with Gasteiger partial charge in [0, 0.05) is 34.4 Å². The second-order valence-corrected chi connectivity index (χ2v) is 6.73. The van der Waals surface area contributed by atoms with Crippen molar-refractivity contribution in [1.29, 1.82) is 0 Å². The summed E-state index contributed by atoms with van der Waals surface area (Å²) in [6, 6.07) is 9.61. The van der Waals surface area contributed by atoms with E-state index in [1.165, 1.54) is 18.2 Å². The van der Waals surface area contributed by atoms with Crippen LogP contribution in [0.4, 0.5) is 15.8 Å². The number of piperidine rings is 1. The van der Waals surface area contributed by atoms with Crippen molar-refractivity contribution in [3.63, 3.8) is 0 Å². The molecule has 2 aromatic carbocycles. The van der Waals surface area contributed by atoms with E-state index in [0.29, 0.717) is 11.7 Å². The Morgan fingerprint density at radius 1 is 1.25 bits per heavy atom. The van der Waals surface area contributed by atoms with Crippen LogP contribution in [0.5, 0.6) is 0 Å². The Morgan fingerprint density at radius 2 is 2.04 bits per heavy atom. The molecule has 5 N–H and O–H groups in total. The highest BCUT2D eigenvalue weighted by Gasteiger charge is 2.14. The molecule has 28 heavy (non-hydrogen) atoms. The van der Waals surface area contributed by atoms with Gasteiger partial charge in [-0.3, -0.25) is 4.79 Å². The Bertz CT molecular complexity index is 981. The lowest BCUT2D eigenvalue weighted by Crippen LogP contribution is -2.38. The second-order valence-electron chi connectivity index (χ2n) is 6.73. The largest absolute Gasteiger partial charge is 0.404 e. The lowest BCUT2D eigenvalue weighted by atomic mass is 10.1. The van der Waals surface area contributed by atoms with Crippen LogP contribution in [0.1, 0.15) is 23.2 Å². The van der Waals surface area contributed by atoms with E-state index in [1.54, 1.807) is 18.3 Å². The molecule has 0 bridgehead atoms. The highest BCUT2D eigenvalue weighted by atomic mass is 19.1. The molecule has 0 aliphatic carbocycles. The number of carbonyl (C=O) groups is 1. The predicted molar refractivity (Wildman–Crippen MR) is 113 cm³/mol. The van der Waals surface area contributed by atoms with Crippen molar-refractivity contribution in [3.05, 3.63) is 70.9 Å². The van der Waals surface area contributed by atoms with Crippen molar-refractivity contribution in [2.45, 2.75) is 18.9 Å². The van der Waals surface area contributed by atoms with Crippen molar-refractivity contribution in [2.24, 2.45) is 5.73 Å². The molecule has 1 heterocycles. The molecule has 0 saturated carbocycles. The van der Waals surface area contributed by atoms with Crippen LogP contribution in [-0.4, -0.2) is 25.0 Å². The normalized spacial score (nSPS) is 16.0. The number of allylic oxidation sites excluding steroid dienone is 1. The highest BCUT2D eigenvalue weighted by Crippen LogP contribution is 2.15. The van der Waals surface area contributed by atoms with Gasteiger partial charge in [0.25, 0.3) is 5.91 Å². The highest BCUT2D eigenvalue weighted by molar-refractivity contribution is 6.04. The molecule has 1 saturated heterocycles. The van der Waals surface area contributed by atoms with E-state index in [-0.39, 0.29) is 11.5 Å². The van der Waals surface area contributed by atoms with Gasteiger partial charge >= 0.3 is 0 Å². The standard InChI is InChI=1S/C22H25FN4O/c1-2-4-15-12-19(27-22(28)16-5-3-6-17(23)11-16)13-21(20(15)14-24)26-18-7-9-25-10-8-18/h2-6,11-14,18,25-26H,1,7-10,24H2,(H,27,28)/b15-4-,20-14+. The van der Waals surface area contributed by atoms with Gasteiger partial charge in [0.15, 0.2) is 0 Å². The van der Waals surface area contributed by atoms with Crippen LogP contribution in [0.3, 0.4) is 0 Å². The third-order valence-corrected chi connectivity index (χ3v) is 4.72. The van der Waals surface area contributed by atoms with Crippen LogP contribution in [-0.2, 0) is 0 Å². The Balaban J connectivity index is 1.95. The minimum atomic E-state index is -0.449. The fourth-order valence-electron chi connectivity index (χ4n) is 3.34. The topological polar surface area (TPSA) is 79.2 Å². The first kappa shape index (κ1) is 19.6. The van der Waals surface area contributed by atoms with Crippen molar-refractivity contribution in [2.75, 3.05) is 23.7 Å². The van der Waals surface area contributed by atoms with Crippen LogP contribution in [0.15, 0.2) is 49.1 Å². The van der Waals surface area contributed by atoms with Gasteiger partial charge in [0.05, 0.1) is 0 Å². The zero-order valence-electron chi connectivity index (χ0n) is 15.7. The van der Waals surface area contributed by atoms with Crippen molar-refractivity contribution < 1.29 is 9.18 Å². The number of rotatable bonds is 5. The number of hydrogen-bond acceptors (Lipinski definition) is 4. The molecule has 0 spiro atoms. The number of halogens is 1. The summed E-state index contributed by atoms with van der Waals surface area (Å²) in [5, 5.41) is 11.4.